The summed E-state index contributed by atoms with van der Waals surface area (Å²) in [4.78, 5) is 13.2. The van der Waals surface area contributed by atoms with Crippen LogP contribution in [0, 0.1) is 0 Å². The summed E-state index contributed by atoms with van der Waals surface area (Å²) in [7, 11) is 3.57. The average molecular weight is 236 g/mol. The van der Waals surface area contributed by atoms with E-state index in [1.54, 1.807) is 19.2 Å². The van der Waals surface area contributed by atoms with E-state index in [0.717, 1.165) is 12.0 Å². The molecule has 1 rings (SSSR count). The fraction of sp³-hybridized carbons (Fsp3) is 0.462. The molecular weight excluding hydrogens is 216 g/mol. The second-order valence-corrected chi connectivity index (χ2v) is 4.31. The number of phenolic OH excluding ortho intramolecular Hbond substituents is 1. The quantitative estimate of drug-likeness (QED) is 0.802. The molecule has 1 aromatic rings. The van der Waals surface area contributed by atoms with Crippen LogP contribution in [-0.4, -0.2) is 42.6 Å². The highest BCUT2D eigenvalue weighted by atomic mass is 16.3. The normalized spacial score (nSPS) is 12.5. The molecule has 0 aliphatic carbocycles. The Morgan fingerprint density at radius 2 is 2.00 bits per heavy atom. The Kier molecular flexibility index (Phi) is 4.97. The highest BCUT2D eigenvalue weighted by Crippen LogP contribution is 2.12. The van der Waals surface area contributed by atoms with Crippen molar-refractivity contribution >= 4 is 5.91 Å². The molecule has 0 aromatic heterocycles. The molecule has 1 atom stereocenters. The van der Waals surface area contributed by atoms with E-state index in [9.17, 15) is 9.90 Å². The number of hydrogen-bond acceptors (Lipinski definition) is 3. The van der Waals surface area contributed by atoms with Gasteiger partial charge in [-0.25, -0.2) is 0 Å². The monoisotopic (exact) mass is 236 g/mol. The van der Waals surface area contributed by atoms with Crippen molar-refractivity contribution in [3.63, 3.8) is 0 Å². The Morgan fingerprint density at radius 3 is 2.53 bits per heavy atom. The first-order valence-electron chi connectivity index (χ1n) is 5.71. The molecule has 0 aliphatic heterocycles. The van der Waals surface area contributed by atoms with Gasteiger partial charge in [-0.2, -0.15) is 0 Å². The van der Waals surface area contributed by atoms with Gasteiger partial charge in [-0.05, 0) is 38.1 Å². The SMILES string of the molecule is CNC(=O)CN(C)C(C)Cc1ccc(O)cc1. The molecule has 0 saturated carbocycles. The Labute approximate surface area is 102 Å². The zero-order chi connectivity index (χ0) is 12.8. The van der Waals surface area contributed by atoms with Gasteiger partial charge in [0.05, 0.1) is 6.54 Å². The molecule has 1 aromatic carbocycles. The van der Waals surface area contributed by atoms with Gasteiger partial charge in [0.2, 0.25) is 5.91 Å². The van der Waals surface area contributed by atoms with Gasteiger partial charge in [-0.3, -0.25) is 9.69 Å². The lowest BCUT2D eigenvalue weighted by Gasteiger charge is -2.23. The van der Waals surface area contributed by atoms with Crippen LogP contribution in [-0.2, 0) is 11.2 Å². The molecule has 0 saturated heterocycles. The van der Waals surface area contributed by atoms with Crippen molar-refractivity contribution in [1.29, 1.82) is 0 Å². The highest BCUT2D eigenvalue weighted by molar-refractivity contribution is 5.77. The molecular formula is C13H20N2O2. The number of phenols is 1. The van der Waals surface area contributed by atoms with E-state index in [2.05, 4.69) is 12.2 Å². The number of hydrogen-bond donors (Lipinski definition) is 2. The summed E-state index contributed by atoms with van der Waals surface area (Å²) in [6.45, 7) is 2.48. The third-order valence-electron chi connectivity index (χ3n) is 2.89. The Hall–Kier alpha value is -1.55. The molecule has 0 fully saturated rings. The van der Waals surface area contributed by atoms with Crippen molar-refractivity contribution in [2.75, 3.05) is 20.6 Å². The van der Waals surface area contributed by atoms with Crippen molar-refractivity contribution in [3.05, 3.63) is 29.8 Å². The first-order chi connectivity index (χ1) is 8.02. The lowest BCUT2D eigenvalue weighted by atomic mass is 10.1. The standard InChI is InChI=1S/C13H20N2O2/c1-10(15(3)9-13(17)14-2)8-11-4-6-12(16)7-5-11/h4-7,10,16H,8-9H2,1-3H3,(H,14,17). The molecule has 1 unspecified atom stereocenters. The maximum atomic E-state index is 11.2. The van der Waals surface area contributed by atoms with Gasteiger partial charge in [0.25, 0.3) is 0 Å². The Bertz CT molecular complexity index is 362. The van der Waals surface area contributed by atoms with Crippen molar-refractivity contribution in [3.8, 4) is 5.75 Å². The number of likely N-dealkylation sites (N-methyl/N-ethyl adjacent to an activating group) is 2. The number of amides is 1. The minimum atomic E-state index is 0.0186. The molecule has 2 N–H and O–H groups in total. The van der Waals surface area contributed by atoms with Crippen molar-refractivity contribution in [2.24, 2.45) is 0 Å². The Balaban J connectivity index is 2.50. The number of aromatic hydroxyl groups is 1. The van der Waals surface area contributed by atoms with E-state index >= 15 is 0 Å². The van der Waals surface area contributed by atoms with Crippen LogP contribution in [0.3, 0.4) is 0 Å². The number of rotatable bonds is 5. The second-order valence-electron chi connectivity index (χ2n) is 4.31. The molecule has 1 amide bonds. The predicted octanol–water partition coefficient (Wildman–Crippen LogP) is 1.00. The molecule has 0 heterocycles. The lowest BCUT2D eigenvalue weighted by molar-refractivity contribution is -0.121. The van der Waals surface area contributed by atoms with Gasteiger partial charge < -0.3 is 10.4 Å². The Morgan fingerprint density at radius 1 is 1.41 bits per heavy atom. The minimum Gasteiger partial charge on any atom is -0.508 e. The zero-order valence-corrected chi connectivity index (χ0v) is 10.6. The maximum Gasteiger partial charge on any atom is 0.233 e. The molecule has 17 heavy (non-hydrogen) atoms. The number of carbonyl (C=O) groups is 1. The fourth-order valence-electron chi connectivity index (χ4n) is 1.59. The predicted molar refractivity (Wildman–Crippen MR) is 68.0 cm³/mol. The van der Waals surface area contributed by atoms with E-state index in [4.69, 9.17) is 0 Å². The van der Waals surface area contributed by atoms with Crippen LogP contribution in [0.25, 0.3) is 0 Å². The first kappa shape index (κ1) is 13.5. The van der Waals surface area contributed by atoms with Gasteiger partial charge >= 0.3 is 0 Å². The third-order valence-corrected chi connectivity index (χ3v) is 2.89. The topological polar surface area (TPSA) is 52.6 Å². The van der Waals surface area contributed by atoms with Crippen LogP contribution < -0.4 is 5.32 Å². The summed E-state index contributed by atoms with van der Waals surface area (Å²) in [6.07, 6.45) is 0.855. The van der Waals surface area contributed by atoms with Crippen LogP contribution in [0.5, 0.6) is 5.75 Å². The van der Waals surface area contributed by atoms with Crippen LogP contribution >= 0.6 is 0 Å². The number of benzene rings is 1. The summed E-state index contributed by atoms with van der Waals surface area (Å²) in [5.74, 6) is 0.296. The molecule has 0 radical (unpaired) electrons. The van der Waals surface area contributed by atoms with Crippen LogP contribution in [0.1, 0.15) is 12.5 Å². The summed E-state index contributed by atoms with van der Waals surface area (Å²) in [6, 6.07) is 7.44. The fourth-order valence-corrected chi connectivity index (χ4v) is 1.59. The second kappa shape index (κ2) is 6.25. The van der Waals surface area contributed by atoms with Gasteiger partial charge in [-0.15, -0.1) is 0 Å². The van der Waals surface area contributed by atoms with Gasteiger partial charge in [0.1, 0.15) is 5.75 Å². The van der Waals surface area contributed by atoms with Crippen molar-refractivity contribution in [1.82, 2.24) is 10.2 Å². The van der Waals surface area contributed by atoms with Gasteiger partial charge in [0.15, 0.2) is 0 Å². The van der Waals surface area contributed by atoms with E-state index in [0.29, 0.717) is 6.54 Å². The number of nitrogens with one attached hydrogen (secondary N) is 1. The lowest BCUT2D eigenvalue weighted by Crippen LogP contribution is -2.39. The van der Waals surface area contributed by atoms with Crippen molar-refractivity contribution in [2.45, 2.75) is 19.4 Å². The summed E-state index contributed by atoms with van der Waals surface area (Å²) >= 11 is 0. The number of carbonyl (C=O) groups excluding carboxylic acids is 1. The highest BCUT2D eigenvalue weighted by Gasteiger charge is 2.12. The zero-order valence-electron chi connectivity index (χ0n) is 10.6. The van der Waals surface area contributed by atoms with Crippen LogP contribution in [0.4, 0.5) is 0 Å². The molecule has 0 aliphatic rings. The average Bonchev–Trinajstić information content (AvgIpc) is 2.31. The molecule has 0 bridgehead atoms. The molecule has 4 heteroatoms. The van der Waals surface area contributed by atoms with E-state index < -0.39 is 0 Å². The summed E-state index contributed by atoms with van der Waals surface area (Å²) in [5, 5.41) is 11.8. The molecule has 94 valence electrons. The van der Waals surface area contributed by atoms with Crippen molar-refractivity contribution < 1.29 is 9.90 Å². The van der Waals surface area contributed by atoms with E-state index in [1.807, 2.05) is 24.1 Å². The van der Waals surface area contributed by atoms with Gasteiger partial charge in [-0.1, -0.05) is 12.1 Å². The van der Waals surface area contributed by atoms with Crippen LogP contribution in [0.15, 0.2) is 24.3 Å². The van der Waals surface area contributed by atoms with Crippen LogP contribution in [0.2, 0.25) is 0 Å². The molecule has 0 spiro atoms. The largest absolute Gasteiger partial charge is 0.508 e. The minimum absolute atomic E-state index is 0.0186. The summed E-state index contributed by atoms with van der Waals surface area (Å²) < 4.78 is 0. The van der Waals surface area contributed by atoms with E-state index in [-0.39, 0.29) is 17.7 Å². The van der Waals surface area contributed by atoms with E-state index in [1.165, 1.54) is 0 Å². The first-order valence-corrected chi connectivity index (χ1v) is 5.71. The maximum absolute atomic E-state index is 11.2. The number of nitrogens with zero attached hydrogens (tertiary/aromatic N) is 1. The smallest absolute Gasteiger partial charge is 0.233 e. The third kappa shape index (κ3) is 4.44. The van der Waals surface area contributed by atoms with Gasteiger partial charge in [0, 0.05) is 13.1 Å². The summed E-state index contributed by atoms with van der Waals surface area (Å²) in [5.41, 5.74) is 1.15. The molecule has 4 nitrogen and oxygen atoms in total.